The quantitative estimate of drug-likeness (QED) is 0.0647. The van der Waals surface area contributed by atoms with Gasteiger partial charge in [-0.3, -0.25) is 14.4 Å². The third kappa shape index (κ3) is 13.5. The number of aliphatic hydroxyl groups is 1. The van der Waals surface area contributed by atoms with Crippen LogP contribution < -0.4 is 10.6 Å². The number of nitrogens with zero attached hydrogens (tertiary/aromatic N) is 3. The van der Waals surface area contributed by atoms with Crippen LogP contribution in [-0.4, -0.2) is 127 Å². The van der Waals surface area contributed by atoms with E-state index in [9.17, 15) is 24.6 Å². The standard InChI is InChI=1S/C55H81N5O8S/c1-37-50(69-36-57-37)39-15-13-38(14-16-39)35-56-52(64)46-12-10-25-60(46)53(65)51(54(2,3)4)58-48(63)22-27-66-29-31-68-32-30-67-28-26-59(6)24-9-7-8-11-40-33-41-34-42(61)17-18-43(41)44-21-23-55(5)45(49(40)44)19-20-47(55)62/h13-18,34,36,40,44-47,49,51,61-62H,7-12,19-33,35H2,1-6H3,(H,56,64)(H,58,63)/t40-,44?,45?,46+,47+,49-,51?,55+/m1/s1. The van der Waals surface area contributed by atoms with E-state index < -0.39 is 17.5 Å². The average Bonchev–Trinajstić information content (AvgIpc) is 4.07. The Hall–Kier alpha value is -3.92. The normalized spacial score (nSPS) is 24.7. The Morgan fingerprint density at radius 1 is 0.942 bits per heavy atom. The molecular weight excluding hydrogens is 891 g/mol. The van der Waals surface area contributed by atoms with Crippen LogP contribution in [0.3, 0.4) is 0 Å². The number of fused-ring (bicyclic) bond motifs is 5. The summed E-state index contributed by atoms with van der Waals surface area (Å²) >= 11 is 1.60. The van der Waals surface area contributed by atoms with Crippen molar-refractivity contribution in [2.24, 2.45) is 28.6 Å². The molecule has 3 aliphatic carbocycles. The highest BCUT2D eigenvalue weighted by molar-refractivity contribution is 7.13. The fourth-order valence-corrected chi connectivity index (χ4v) is 12.9. The first-order valence-corrected chi connectivity index (χ1v) is 26.8. The molecule has 1 saturated heterocycles. The predicted molar refractivity (Wildman–Crippen MR) is 271 cm³/mol. The molecular formula is C55H81N5O8S. The van der Waals surface area contributed by atoms with E-state index in [1.54, 1.807) is 16.2 Å². The Bertz CT molecular complexity index is 2140. The molecule has 0 bridgehead atoms. The van der Waals surface area contributed by atoms with Crippen LogP contribution in [-0.2, 0) is 41.6 Å². The molecule has 2 saturated carbocycles. The molecule has 4 N–H and O–H groups in total. The van der Waals surface area contributed by atoms with Gasteiger partial charge in [0.2, 0.25) is 17.7 Å². The average molecular weight is 972 g/mol. The summed E-state index contributed by atoms with van der Waals surface area (Å²) in [6, 6.07) is 12.8. The zero-order valence-electron chi connectivity index (χ0n) is 42.3. The molecule has 1 aliphatic heterocycles. The van der Waals surface area contributed by atoms with Crippen LogP contribution in [0.1, 0.15) is 127 Å². The molecule has 3 aromatic rings. The number of ether oxygens (including phenoxy) is 3. The molecule has 0 radical (unpaired) electrons. The molecule has 2 aromatic carbocycles. The minimum atomic E-state index is -0.788. The molecule has 7 rings (SSSR count). The van der Waals surface area contributed by atoms with Crippen LogP contribution in [0.4, 0.5) is 0 Å². The number of benzene rings is 2. The number of carbonyl (C=O) groups excluding carboxylic acids is 3. The van der Waals surface area contributed by atoms with Gasteiger partial charge in [-0.05, 0) is 147 Å². The predicted octanol–water partition coefficient (Wildman–Crippen LogP) is 8.04. The van der Waals surface area contributed by atoms with Gasteiger partial charge in [0.15, 0.2) is 0 Å². The summed E-state index contributed by atoms with van der Waals surface area (Å²) in [5, 5.41) is 27.3. The Morgan fingerprint density at radius 3 is 2.41 bits per heavy atom. The van der Waals surface area contributed by atoms with Gasteiger partial charge in [-0.1, -0.05) is 70.9 Å². The summed E-state index contributed by atoms with van der Waals surface area (Å²) in [6.45, 7) is 15.4. The van der Waals surface area contributed by atoms with Crippen LogP contribution in [0.5, 0.6) is 5.75 Å². The van der Waals surface area contributed by atoms with E-state index in [0.717, 1.165) is 79.7 Å². The molecule has 4 aliphatic rings. The zero-order chi connectivity index (χ0) is 49.1. The van der Waals surface area contributed by atoms with Crippen molar-refractivity contribution in [2.75, 3.05) is 66.3 Å². The number of likely N-dealkylation sites (N-methyl/N-ethyl adjacent to an activating group) is 1. The van der Waals surface area contributed by atoms with Crippen molar-refractivity contribution in [3.05, 3.63) is 70.4 Å². The van der Waals surface area contributed by atoms with Gasteiger partial charge in [0, 0.05) is 26.1 Å². The fraction of sp³-hybridized carbons (Fsp3) is 0.673. The maximum absolute atomic E-state index is 13.9. The number of carbonyl (C=O) groups is 3. The fourth-order valence-electron chi connectivity index (χ4n) is 12.0. The number of aromatic nitrogens is 1. The third-order valence-corrected chi connectivity index (χ3v) is 16.9. The monoisotopic (exact) mass is 972 g/mol. The number of likely N-dealkylation sites (tertiary alicyclic amines) is 1. The summed E-state index contributed by atoms with van der Waals surface area (Å²) in [7, 11) is 2.15. The van der Waals surface area contributed by atoms with Crippen molar-refractivity contribution in [3.8, 4) is 16.2 Å². The van der Waals surface area contributed by atoms with Gasteiger partial charge in [0.1, 0.15) is 17.8 Å². The minimum absolute atomic E-state index is 0.0474. The van der Waals surface area contributed by atoms with Crippen molar-refractivity contribution in [1.82, 2.24) is 25.4 Å². The molecule has 2 heterocycles. The van der Waals surface area contributed by atoms with E-state index >= 15 is 0 Å². The van der Waals surface area contributed by atoms with E-state index in [1.165, 1.54) is 30.4 Å². The molecule has 3 fully saturated rings. The van der Waals surface area contributed by atoms with Crippen LogP contribution in [0.25, 0.3) is 10.4 Å². The van der Waals surface area contributed by atoms with Crippen LogP contribution in [0.15, 0.2) is 48.0 Å². The van der Waals surface area contributed by atoms with E-state index in [1.807, 2.05) is 69.6 Å². The van der Waals surface area contributed by atoms with Crippen molar-refractivity contribution < 1.29 is 38.8 Å². The summed E-state index contributed by atoms with van der Waals surface area (Å²) in [5.41, 5.74) is 7.18. The molecule has 380 valence electrons. The summed E-state index contributed by atoms with van der Waals surface area (Å²) in [4.78, 5) is 49.8. The number of phenolic OH excluding ortho intramolecular Hbond substituents is 1. The van der Waals surface area contributed by atoms with Crippen molar-refractivity contribution in [3.63, 3.8) is 0 Å². The van der Waals surface area contributed by atoms with Gasteiger partial charge in [-0.25, -0.2) is 4.98 Å². The van der Waals surface area contributed by atoms with Crippen LogP contribution in [0.2, 0.25) is 0 Å². The van der Waals surface area contributed by atoms with Gasteiger partial charge in [0.05, 0.1) is 61.8 Å². The summed E-state index contributed by atoms with van der Waals surface area (Å²) in [5.74, 6) is 2.04. The third-order valence-electron chi connectivity index (χ3n) is 16.0. The van der Waals surface area contributed by atoms with Gasteiger partial charge in [0.25, 0.3) is 0 Å². The van der Waals surface area contributed by atoms with Gasteiger partial charge in [-0.2, -0.15) is 0 Å². The van der Waals surface area contributed by atoms with Gasteiger partial charge >= 0.3 is 0 Å². The molecule has 0 spiro atoms. The highest BCUT2D eigenvalue weighted by atomic mass is 32.1. The zero-order valence-corrected chi connectivity index (χ0v) is 43.1. The Labute approximate surface area is 415 Å². The van der Waals surface area contributed by atoms with Gasteiger partial charge in [-0.15, -0.1) is 11.3 Å². The number of unbranched alkanes of at least 4 members (excludes halogenated alkanes) is 2. The number of aromatic hydroxyl groups is 1. The van der Waals surface area contributed by atoms with Crippen LogP contribution >= 0.6 is 11.3 Å². The lowest BCUT2D eigenvalue weighted by Gasteiger charge is -2.53. The summed E-state index contributed by atoms with van der Waals surface area (Å²) < 4.78 is 17.2. The Balaban J connectivity index is 0.713. The first-order valence-electron chi connectivity index (χ1n) is 25.9. The first-order chi connectivity index (χ1) is 33.1. The Morgan fingerprint density at radius 2 is 1.68 bits per heavy atom. The van der Waals surface area contributed by atoms with E-state index in [4.69, 9.17) is 14.2 Å². The number of rotatable bonds is 24. The molecule has 3 amide bonds. The largest absolute Gasteiger partial charge is 0.508 e. The second-order valence-electron chi connectivity index (χ2n) is 21.8. The van der Waals surface area contributed by atoms with Crippen LogP contribution in [0, 0.1) is 35.5 Å². The highest BCUT2D eigenvalue weighted by Gasteiger charge is 2.56. The molecule has 14 heteroatoms. The molecule has 3 unspecified atom stereocenters. The van der Waals surface area contributed by atoms with E-state index in [-0.39, 0.29) is 42.3 Å². The lowest BCUT2D eigenvalue weighted by molar-refractivity contribution is -0.144. The SMILES string of the molecule is Cc1ncsc1-c1ccc(CNC(=O)[C@@H]2CCCN2C(=O)C(NC(=O)CCOCCOCCOCCN(C)CCCCC[C@@H]2Cc3cc(O)ccc3C3CC[C@@]4(C)C(CC[C@@H]4O)[C@@H]32)C(C)(C)C)cc1. The number of amides is 3. The van der Waals surface area contributed by atoms with E-state index in [0.29, 0.717) is 82.0 Å². The second-order valence-corrected chi connectivity index (χ2v) is 22.6. The number of phenols is 1. The number of hydrogen-bond acceptors (Lipinski definition) is 11. The molecule has 13 nitrogen and oxygen atoms in total. The lowest BCUT2D eigenvalue weighted by Crippen LogP contribution is -2.57. The van der Waals surface area contributed by atoms with Crippen molar-refractivity contribution in [2.45, 2.75) is 142 Å². The number of hydrogen-bond donors (Lipinski definition) is 4. The first kappa shape index (κ1) is 52.9. The Kier molecular flexibility index (Phi) is 18.8. The van der Waals surface area contributed by atoms with Crippen molar-refractivity contribution in [1.29, 1.82) is 0 Å². The topological polar surface area (TPSA) is 163 Å². The number of aryl methyl sites for hydroxylation is 1. The minimum Gasteiger partial charge on any atom is -0.508 e. The second kappa shape index (κ2) is 24.5. The lowest BCUT2D eigenvalue weighted by atomic mass is 9.52. The number of aliphatic hydroxyl groups excluding tert-OH is 1. The van der Waals surface area contributed by atoms with Crippen molar-refractivity contribution >= 4 is 29.1 Å². The highest BCUT2D eigenvalue weighted by Crippen LogP contribution is 2.62. The maximum Gasteiger partial charge on any atom is 0.246 e. The summed E-state index contributed by atoms with van der Waals surface area (Å²) in [6.07, 6.45) is 11.4. The number of nitrogens with one attached hydrogen (secondary N) is 2. The van der Waals surface area contributed by atoms with E-state index in [2.05, 4.69) is 40.6 Å². The molecule has 8 atom stereocenters. The maximum atomic E-state index is 13.9. The molecule has 1 aromatic heterocycles. The number of thiazole rings is 1. The van der Waals surface area contributed by atoms with Gasteiger partial charge < -0.3 is 44.9 Å². The molecule has 69 heavy (non-hydrogen) atoms. The smallest absolute Gasteiger partial charge is 0.246 e.